The van der Waals surface area contributed by atoms with E-state index in [1.165, 1.54) is 11.1 Å². The highest BCUT2D eigenvalue weighted by atomic mass is 16.2. The lowest BCUT2D eigenvalue weighted by Crippen LogP contribution is -2.47. The summed E-state index contributed by atoms with van der Waals surface area (Å²) in [4.78, 5) is 11.5. The molecule has 0 spiro atoms. The Bertz CT molecular complexity index is 372. The fourth-order valence-corrected chi connectivity index (χ4v) is 2.10. The zero-order valence-corrected chi connectivity index (χ0v) is 10.3. The zero-order chi connectivity index (χ0) is 12.1. The van der Waals surface area contributed by atoms with Gasteiger partial charge in [0.1, 0.15) is 0 Å². The van der Waals surface area contributed by atoms with E-state index in [9.17, 15) is 4.79 Å². The maximum Gasteiger partial charge on any atom is 0.237 e. The van der Waals surface area contributed by atoms with Gasteiger partial charge in [-0.05, 0) is 30.4 Å². The van der Waals surface area contributed by atoms with Gasteiger partial charge >= 0.3 is 0 Å². The average Bonchev–Trinajstić information content (AvgIpc) is 2.38. The van der Waals surface area contributed by atoms with E-state index in [-0.39, 0.29) is 11.9 Å². The molecule has 0 aromatic heterocycles. The molecule has 1 fully saturated rings. The minimum atomic E-state index is -0.0189. The Morgan fingerprint density at radius 3 is 2.65 bits per heavy atom. The van der Waals surface area contributed by atoms with Crippen molar-refractivity contribution in [1.29, 1.82) is 0 Å². The summed E-state index contributed by atoms with van der Waals surface area (Å²) in [5.41, 5.74) is 2.59. The van der Waals surface area contributed by atoms with Crippen LogP contribution in [-0.2, 0) is 17.8 Å². The maximum absolute atomic E-state index is 11.5. The first-order valence-electron chi connectivity index (χ1n) is 6.38. The van der Waals surface area contributed by atoms with Crippen LogP contribution in [0.15, 0.2) is 24.3 Å². The van der Waals surface area contributed by atoms with Crippen LogP contribution >= 0.6 is 0 Å². The standard InChI is InChI=1S/C14H20N2O/c1-2-11-5-7-12(8-6-11)10-16-13-4-3-9-15-14(13)17/h5-8,13,16H,2-4,9-10H2,1H3,(H,15,17)/t13-/m0/s1. The SMILES string of the molecule is CCc1ccc(CN[C@H]2CCCNC2=O)cc1. The zero-order valence-electron chi connectivity index (χ0n) is 10.3. The summed E-state index contributed by atoms with van der Waals surface area (Å²) in [5, 5.41) is 6.20. The van der Waals surface area contributed by atoms with E-state index in [0.29, 0.717) is 0 Å². The second-order valence-corrected chi connectivity index (χ2v) is 4.54. The molecule has 17 heavy (non-hydrogen) atoms. The number of carbonyl (C=O) groups excluding carboxylic acids is 1. The van der Waals surface area contributed by atoms with Crippen molar-refractivity contribution in [1.82, 2.24) is 10.6 Å². The van der Waals surface area contributed by atoms with E-state index < -0.39 is 0 Å². The lowest BCUT2D eigenvalue weighted by atomic mass is 10.1. The number of aryl methyl sites for hydroxylation is 1. The van der Waals surface area contributed by atoms with E-state index in [4.69, 9.17) is 0 Å². The van der Waals surface area contributed by atoms with Crippen molar-refractivity contribution in [2.75, 3.05) is 6.54 Å². The number of rotatable bonds is 4. The van der Waals surface area contributed by atoms with Gasteiger partial charge in [-0.25, -0.2) is 0 Å². The van der Waals surface area contributed by atoms with Gasteiger partial charge in [0.15, 0.2) is 0 Å². The van der Waals surface area contributed by atoms with Crippen LogP contribution in [0.25, 0.3) is 0 Å². The molecule has 1 aliphatic rings. The highest BCUT2D eigenvalue weighted by molar-refractivity contribution is 5.82. The molecule has 1 amide bonds. The van der Waals surface area contributed by atoms with Crippen LogP contribution in [0.1, 0.15) is 30.9 Å². The average molecular weight is 232 g/mol. The second-order valence-electron chi connectivity index (χ2n) is 4.54. The highest BCUT2D eigenvalue weighted by Crippen LogP contribution is 2.07. The summed E-state index contributed by atoms with van der Waals surface area (Å²) in [7, 11) is 0. The summed E-state index contributed by atoms with van der Waals surface area (Å²) < 4.78 is 0. The number of hydrogen-bond acceptors (Lipinski definition) is 2. The lowest BCUT2D eigenvalue weighted by molar-refractivity contribution is -0.124. The molecule has 1 aliphatic heterocycles. The van der Waals surface area contributed by atoms with Crippen LogP contribution in [0.4, 0.5) is 0 Å². The quantitative estimate of drug-likeness (QED) is 0.828. The number of nitrogens with one attached hydrogen (secondary N) is 2. The molecule has 1 heterocycles. The molecule has 3 nitrogen and oxygen atoms in total. The Morgan fingerprint density at radius 1 is 1.29 bits per heavy atom. The van der Waals surface area contributed by atoms with Gasteiger partial charge in [0.2, 0.25) is 5.91 Å². The molecule has 0 unspecified atom stereocenters. The van der Waals surface area contributed by atoms with Gasteiger partial charge < -0.3 is 10.6 Å². The van der Waals surface area contributed by atoms with Crippen molar-refractivity contribution in [2.24, 2.45) is 0 Å². The van der Waals surface area contributed by atoms with Crippen molar-refractivity contribution in [3.63, 3.8) is 0 Å². The minimum absolute atomic E-state index is 0.0189. The first kappa shape index (κ1) is 12.1. The fourth-order valence-electron chi connectivity index (χ4n) is 2.10. The number of benzene rings is 1. The van der Waals surface area contributed by atoms with Crippen LogP contribution in [0.2, 0.25) is 0 Å². The molecule has 0 saturated carbocycles. The van der Waals surface area contributed by atoms with Crippen LogP contribution in [0, 0.1) is 0 Å². The molecule has 0 radical (unpaired) electrons. The summed E-state index contributed by atoms with van der Waals surface area (Å²) in [5.74, 6) is 0.140. The van der Waals surface area contributed by atoms with Gasteiger partial charge in [0, 0.05) is 13.1 Å². The van der Waals surface area contributed by atoms with E-state index in [0.717, 1.165) is 32.4 Å². The van der Waals surface area contributed by atoms with Crippen molar-refractivity contribution in [2.45, 2.75) is 38.8 Å². The topological polar surface area (TPSA) is 41.1 Å². The third kappa shape index (κ3) is 3.30. The third-order valence-corrected chi connectivity index (χ3v) is 3.27. The highest BCUT2D eigenvalue weighted by Gasteiger charge is 2.20. The Hall–Kier alpha value is -1.35. The molecule has 3 heteroatoms. The molecule has 1 aromatic carbocycles. The van der Waals surface area contributed by atoms with E-state index in [2.05, 4.69) is 41.8 Å². The first-order chi connectivity index (χ1) is 8.29. The number of hydrogen-bond donors (Lipinski definition) is 2. The van der Waals surface area contributed by atoms with Gasteiger partial charge in [-0.1, -0.05) is 31.2 Å². The molecular formula is C14H20N2O. The van der Waals surface area contributed by atoms with E-state index in [1.807, 2.05) is 0 Å². The number of piperidine rings is 1. The van der Waals surface area contributed by atoms with Crippen LogP contribution in [0.5, 0.6) is 0 Å². The Labute approximate surface area is 103 Å². The molecule has 0 bridgehead atoms. The van der Waals surface area contributed by atoms with Crippen molar-refractivity contribution in [3.8, 4) is 0 Å². The normalized spacial score (nSPS) is 20.1. The van der Waals surface area contributed by atoms with E-state index in [1.54, 1.807) is 0 Å². The van der Waals surface area contributed by atoms with Crippen LogP contribution < -0.4 is 10.6 Å². The minimum Gasteiger partial charge on any atom is -0.355 e. The number of amides is 1. The van der Waals surface area contributed by atoms with Crippen molar-refractivity contribution in [3.05, 3.63) is 35.4 Å². The predicted molar refractivity (Wildman–Crippen MR) is 68.7 cm³/mol. The fraction of sp³-hybridized carbons (Fsp3) is 0.500. The van der Waals surface area contributed by atoms with Gasteiger partial charge in [-0.15, -0.1) is 0 Å². The molecule has 1 atom stereocenters. The molecule has 0 aliphatic carbocycles. The summed E-state index contributed by atoms with van der Waals surface area (Å²) in [6.07, 6.45) is 3.08. The molecule has 2 rings (SSSR count). The van der Waals surface area contributed by atoms with Gasteiger partial charge in [-0.2, -0.15) is 0 Å². The van der Waals surface area contributed by atoms with Crippen LogP contribution in [-0.4, -0.2) is 18.5 Å². The monoisotopic (exact) mass is 232 g/mol. The maximum atomic E-state index is 11.5. The Kier molecular flexibility index (Phi) is 4.15. The third-order valence-electron chi connectivity index (χ3n) is 3.27. The molecular weight excluding hydrogens is 212 g/mol. The van der Waals surface area contributed by atoms with Gasteiger partial charge in [0.05, 0.1) is 6.04 Å². The summed E-state index contributed by atoms with van der Waals surface area (Å²) in [6, 6.07) is 8.55. The van der Waals surface area contributed by atoms with Gasteiger partial charge in [0.25, 0.3) is 0 Å². The van der Waals surface area contributed by atoms with Crippen molar-refractivity contribution >= 4 is 5.91 Å². The smallest absolute Gasteiger partial charge is 0.237 e. The van der Waals surface area contributed by atoms with Gasteiger partial charge in [-0.3, -0.25) is 4.79 Å². The number of carbonyl (C=O) groups is 1. The Balaban J connectivity index is 1.86. The van der Waals surface area contributed by atoms with Crippen LogP contribution in [0.3, 0.4) is 0 Å². The second kappa shape index (κ2) is 5.82. The first-order valence-corrected chi connectivity index (χ1v) is 6.38. The summed E-state index contributed by atoms with van der Waals surface area (Å²) >= 11 is 0. The molecule has 1 saturated heterocycles. The molecule has 92 valence electrons. The Morgan fingerprint density at radius 2 is 2.00 bits per heavy atom. The lowest BCUT2D eigenvalue weighted by Gasteiger charge is -2.22. The van der Waals surface area contributed by atoms with Crippen molar-refractivity contribution < 1.29 is 4.79 Å². The predicted octanol–water partition coefficient (Wildman–Crippen LogP) is 1.62. The molecule has 2 N–H and O–H groups in total. The summed E-state index contributed by atoms with van der Waals surface area (Å²) in [6.45, 7) is 3.74. The largest absolute Gasteiger partial charge is 0.355 e. The van der Waals surface area contributed by atoms with E-state index >= 15 is 0 Å². The molecule has 1 aromatic rings.